The average molecular weight is 1330 g/mol. The lowest BCUT2D eigenvalue weighted by Gasteiger charge is -2.39. The molecular weight excluding hydrogens is 1220 g/mol. The van der Waals surface area contributed by atoms with E-state index in [1.165, 1.54) is 53.7 Å². The highest BCUT2D eigenvalue weighted by molar-refractivity contribution is 9.10. The van der Waals surface area contributed by atoms with Gasteiger partial charge in [0.05, 0.1) is 70.7 Å². The largest absolute Gasteiger partial charge is 0.444 e. The minimum absolute atomic E-state index is 0.166. The molecule has 91 heavy (non-hydrogen) atoms. The van der Waals surface area contributed by atoms with Gasteiger partial charge in [-0.2, -0.15) is 0 Å². The summed E-state index contributed by atoms with van der Waals surface area (Å²) in [6, 6.07) is 28.1. The van der Waals surface area contributed by atoms with Crippen LogP contribution in [0.2, 0.25) is 0 Å². The summed E-state index contributed by atoms with van der Waals surface area (Å²) in [5.74, 6) is 0. The van der Waals surface area contributed by atoms with Crippen LogP contribution in [-0.4, -0.2) is 180 Å². The zero-order valence-corrected chi connectivity index (χ0v) is 57.6. The van der Waals surface area contributed by atoms with Crippen molar-refractivity contribution in [2.75, 3.05) is 62.4 Å². The molecule has 0 spiro atoms. The van der Waals surface area contributed by atoms with Gasteiger partial charge in [0.15, 0.2) is 0 Å². The summed E-state index contributed by atoms with van der Waals surface area (Å²) in [4.78, 5) is 47.7. The second kappa shape index (κ2) is 31.2. The monoisotopic (exact) mass is 1330 g/mol. The SMILES string of the molecule is CC(C)(C)OC(=O)N1C2CCC1CC(O)C2.CC(C)(C)OC(=O)N1C2CCC1CC(OCc1ccccc1Br)C2.CC(C)(C)OC(=O)N1C2CCC1CC(OCc1ccccc1N1CCOCC1)C2.c1ccc(N2CCOCC2)c(COC2CC3CCC(C2)N3)c1. The van der Waals surface area contributed by atoms with Gasteiger partial charge in [-0.25, -0.2) is 14.4 Å². The summed E-state index contributed by atoms with van der Waals surface area (Å²) in [5, 5.41) is 13.3. The molecule has 10 aliphatic heterocycles. The number of carbonyl (C=O) groups is 3. The molecule has 18 nitrogen and oxygen atoms in total. The number of rotatable bonds is 11. The number of aliphatic hydroxyl groups is 1. The Balaban J connectivity index is 0.000000136. The molecule has 10 saturated heterocycles. The second-order valence-corrected chi connectivity index (χ2v) is 30.7. The van der Waals surface area contributed by atoms with Crippen molar-refractivity contribution in [1.82, 2.24) is 20.0 Å². The maximum atomic E-state index is 12.6. The van der Waals surface area contributed by atoms with Crippen LogP contribution in [0.4, 0.5) is 25.8 Å². The van der Waals surface area contributed by atoms with Gasteiger partial charge in [-0.1, -0.05) is 70.5 Å². The van der Waals surface area contributed by atoms with Crippen molar-refractivity contribution in [1.29, 1.82) is 0 Å². The van der Waals surface area contributed by atoms with Crippen molar-refractivity contribution in [3.05, 3.63) is 94.0 Å². The number of carbonyl (C=O) groups excluding carboxylic acids is 3. The van der Waals surface area contributed by atoms with Gasteiger partial charge in [-0.05, 0) is 189 Å². The molecule has 8 atom stereocenters. The maximum Gasteiger partial charge on any atom is 0.410 e. The molecule has 10 aliphatic rings. The lowest BCUT2D eigenvalue weighted by molar-refractivity contribution is -0.0405. The molecule has 0 saturated carbocycles. The van der Waals surface area contributed by atoms with Gasteiger partial charge >= 0.3 is 18.3 Å². The number of hydrogen-bond acceptors (Lipinski definition) is 15. The standard InChI is InChI=1S/C23H34N2O4.C19H26BrNO3.C18H26N2O2.C12H21NO3/c1-23(2,3)29-22(26)25-18-8-9-19(25)15-20(14-18)28-16-17-6-4-5-7-21(17)24-10-12-27-13-11-24;1-19(2,3)24-18(22)21-14-8-9-15(21)11-16(10-14)23-12-13-6-4-5-7-17(13)20;1-2-4-18(20-7-9-21-10-8-20)14(3-1)13-22-17-11-15-5-6-16(12-17)19-15;1-12(2,3)16-11(15)13-8-4-5-9(13)7-10(14)6-8/h4-7,18-20H,8-16H2,1-3H3;4-7,14-16H,8-12H2,1-3H3;1-4,15-17,19H,5-13H2;8-10,14H,4-7H2,1-3H3. The highest BCUT2D eigenvalue weighted by Gasteiger charge is 2.48. The third kappa shape index (κ3) is 19.5. The number of para-hydroxylation sites is 2. The van der Waals surface area contributed by atoms with Crippen LogP contribution >= 0.6 is 15.9 Å². The number of halogens is 1. The van der Waals surface area contributed by atoms with E-state index in [9.17, 15) is 19.5 Å². The maximum absolute atomic E-state index is 12.6. The third-order valence-corrected chi connectivity index (χ3v) is 20.2. The topological polar surface area (TPSA) is 174 Å². The van der Waals surface area contributed by atoms with Crippen molar-refractivity contribution >= 4 is 45.6 Å². The van der Waals surface area contributed by atoms with E-state index in [2.05, 4.69) is 85.6 Å². The van der Waals surface area contributed by atoms with Gasteiger partial charge in [-0.3, -0.25) is 0 Å². The van der Waals surface area contributed by atoms with Gasteiger partial charge in [0.2, 0.25) is 0 Å². The van der Waals surface area contributed by atoms with E-state index in [1.54, 1.807) is 0 Å². The van der Waals surface area contributed by atoms with Gasteiger partial charge in [-0.15, -0.1) is 0 Å². The van der Waals surface area contributed by atoms with Crippen molar-refractivity contribution in [3.63, 3.8) is 0 Å². The predicted molar refractivity (Wildman–Crippen MR) is 356 cm³/mol. The molecule has 3 amide bonds. The average Bonchev–Trinajstić information content (AvgIpc) is 1.74. The van der Waals surface area contributed by atoms with Crippen LogP contribution in [0.3, 0.4) is 0 Å². The van der Waals surface area contributed by atoms with E-state index < -0.39 is 16.8 Å². The summed E-state index contributed by atoms with van der Waals surface area (Å²) >= 11 is 3.56. The van der Waals surface area contributed by atoms with Gasteiger partial charge in [0.25, 0.3) is 0 Å². The molecule has 13 rings (SSSR count). The number of benzene rings is 3. The molecule has 0 aliphatic carbocycles. The Bertz CT molecular complexity index is 2780. The molecule has 0 radical (unpaired) electrons. The molecule has 2 N–H and O–H groups in total. The zero-order valence-electron chi connectivity index (χ0n) is 56.0. The number of hydrogen-bond donors (Lipinski definition) is 2. The third-order valence-electron chi connectivity index (χ3n) is 19.4. The lowest BCUT2D eigenvalue weighted by atomic mass is 10.00. The lowest BCUT2D eigenvalue weighted by Crippen LogP contribution is -2.50. The Labute approximate surface area is 551 Å². The second-order valence-electron chi connectivity index (χ2n) is 29.8. The molecule has 0 aromatic heterocycles. The first-order chi connectivity index (χ1) is 43.5. The fourth-order valence-corrected chi connectivity index (χ4v) is 15.8. The fourth-order valence-electron chi connectivity index (χ4n) is 15.4. The highest BCUT2D eigenvalue weighted by atomic mass is 79.9. The Kier molecular flexibility index (Phi) is 23.7. The van der Waals surface area contributed by atoms with Crippen LogP contribution in [0.15, 0.2) is 77.3 Å². The molecule has 8 unspecified atom stereocenters. The molecule has 504 valence electrons. The number of nitrogens with one attached hydrogen (secondary N) is 1. The van der Waals surface area contributed by atoms with Crippen LogP contribution in [0.1, 0.15) is 182 Å². The highest BCUT2D eigenvalue weighted by Crippen LogP contribution is 2.41. The summed E-state index contributed by atoms with van der Waals surface area (Å²) in [6.07, 6.45) is 16.3. The zero-order chi connectivity index (χ0) is 64.5. The predicted octanol–water partition coefficient (Wildman–Crippen LogP) is 13.1. The first-order valence-corrected chi connectivity index (χ1v) is 35.2. The molecule has 10 fully saturated rings. The summed E-state index contributed by atoms with van der Waals surface area (Å²) in [5.41, 5.74) is 4.96. The summed E-state index contributed by atoms with van der Waals surface area (Å²) in [6.45, 7) is 26.2. The first-order valence-electron chi connectivity index (χ1n) is 34.4. The summed E-state index contributed by atoms with van der Waals surface area (Å²) in [7, 11) is 0. The van der Waals surface area contributed by atoms with E-state index in [0.717, 1.165) is 128 Å². The molecule has 3 aromatic rings. The first kappa shape index (κ1) is 69.1. The van der Waals surface area contributed by atoms with Gasteiger partial charge < -0.3 is 72.8 Å². The smallest absolute Gasteiger partial charge is 0.410 e. The molecule has 19 heteroatoms. The van der Waals surface area contributed by atoms with Crippen molar-refractivity contribution in [2.24, 2.45) is 0 Å². The Morgan fingerprint density at radius 2 is 0.758 bits per heavy atom. The number of amides is 3. The van der Waals surface area contributed by atoms with Crippen LogP contribution in [-0.2, 0) is 57.7 Å². The van der Waals surface area contributed by atoms with Crippen molar-refractivity contribution in [3.8, 4) is 0 Å². The number of anilines is 2. The number of fused-ring (bicyclic) bond motifs is 8. The van der Waals surface area contributed by atoms with Gasteiger partial charge in [0, 0.05) is 101 Å². The number of nitrogens with zero attached hydrogens (tertiary/aromatic N) is 5. The minimum Gasteiger partial charge on any atom is -0.444 e. The van der Waals surface area contributed by atoms with Crippen LogP contribution in [0, 0.1) is 0 Å². The Hall–Kier alpha value is -4.73. The molecule has 10 heterocycles. The number of piperidine rings is 4. The minimum atomic E-state index is -0.451. The van der Waals surface area contributed by atoms with Crippen molar-refractivity contribution < 1.29 is 57.4 Å². The summed E-state index contributed by atoms with van der Waals surface area (Å²) < 4.78 is 47.5. The van der Waals surface area contributed by atoms with Gasteiger partial charge in [0.1, 0.15) is 16.8 Å². The molecule has 8 bridgehead atoms. The normalized spacial score (nSPS) is 29.2. The number of aliphatic hydroxyl groups excluding tert-OH is 1. The molecular formula is C72H107BrN6O12. The Morgan fingerprint density at radius 3 is 1.11 bits per heavy atom. The van der Waals surface area contributed by atoms with Crippen LogP contribution in [0.5, 0.6) is 0 Å². The van der Waals surface area contributed by atoms with E-state index >= 15 is 0 Å². The van der Waals surface area contributed by atoms with E-state index in [-0.39, 0.29) is 72.8 Å². The number of ether oxygens (including phenoxy) is 8. The number of morpholine rings is 2. The Morgan fingerprint density at radius 1 is 0.451 bits per heavy atom. The quantitative estimate of drug-likeness (QED) is 0.173. The van der Waals surface area contributed by atoms with E-state index in [1.807, 2.05) is 95.2 Å². The van der Waals surface area contributed by atoms with E-state index in [0.29, 0.717) is 44.2 Å². The fraction of sp³-hybridized carbons (Fsp3) is 0.708. The van der Waals surface area contributed by atoms with Crippen molar-refractivity contribution in [2.45, 2.75) is 274 Å². The molecule has 3 aromatic carbocycles. The van der Waals surface area contributed by atoms with E-state index in [4.69, 9.17) is 37.9 Å². The van der Waals surface area contributed by atoms with Crippen LogP contribution < -0.4 is 15.1 Å². The van der Waals surface area contributed by atoms with Crippen LogP contribution in [0.25, 0.3) is 0 Å².